The van der Waals surface area contributed by atoms with E-state index in [0.29, 0.717) is 17.5 Å². The monoisotopic (exact) mass is 404 g/mol. The number of hydrogen-bond donors (Lipinski definition) is 3. The second-order valence-electron chi connectivity index (χ2n) is 5.37. The summed E-state index contributed by atoms with van der Waals surface area (Å²) in [6.07, 6.45) is 2.04. The summed E-state index contributed by atoms with van der Waals surface area (Å²) in [7, 11) is 0. The molecule has 7 nitrogen and oxygen atoms in total. The third-order valence-electron chi connectivity index (χ3n) is 3.93. The molecule has 3 N–H and O–H groups in total. The van der Waals surface area contributed by atoms with E-state index < -0.39 is 22.8 Å². The Bertz CT molecular complexity index is 1070. The minimum absolute atomic E-state index is 0.0111. The summed E-state index contributed by atoms with van der Waals surface area (Å²) in [5, 5.41) is 29.8. The number of benzene rings is 1. The average molecular weight is 405 g/mol. The van der Waals surface area contributed by atoms with Crippen LogP contribution in [0.5, 0.6) is 5.75 Å². The van der Waals surface area contributed by atoms with Gasteiger partial charge in [-0.2, -0.15) is 0 Å². The van der Waals surface area contributed by atoms with Gasteiger partial charge in [-0.25, -0.2) is 9.78 Å². The Morgan fingerprint density at radius 3 is 2.68 bits per heavy atom. The highest BCUT2D eigenvalue weighted by Gasteiger charge is 2.26. The predicted molar refractivity (Wildman–Crippen MR) is 94.3 cm³/mol. The summed E-state index contributed by atoms with van der Waals surface area (Å²) in [5.41, 5.74) is -0.424. The SMILES string of the molecule is CCc1cnc2c(c(O)c(C(=O)O)c(=O)n2O)c1-c1cccc(Br)c1. The molecule has 0 atom stereocenters. The van der Waals surface area contributed by atoms with E-state index in [-0.39, 0.29) is 15.8 Å². The van der Waals surface area contributed by atoms with Gasteiger partial charge in [-0.1, -0.05) is 35.0 Å². The van der Waals surface area contributed by atoms with Crippen LogP contribution in [-0.2, 0) is 6.42 Å². The van der Waals surface area contributed by atoms with E-state index in [1.807, 2.05) is 13.0 Å². The number of pyridine rings is 2. The largest absolute Gasteiger partial charge is 0.506 e. The van der Waals surface area contributed by atoms with Gasteiger partial charge in [0.05, 0.1) is 5.39 Å². The van der Waals surface area contributed by atoms with Gasteiger partial charge in [0.2, 0.25) is 0 Å². The first kappa shape index (κ1) is 17.0. The fourth-order valence-electron chi connectivity index (χ4n) is 2.79. The predicted octanol–water partition coefficient (Wildman–Crippen LogP) is 3.03. The number of rotatable bonds is 3. The van der Waals surface area contributed by atoms with Crippen molar-refractivity contribution in [2.24, 2.45) is 0 Å². The van der Waals surface area contributed by atoms with Crippen LogP contribution in [0.4, 0.5) is 0 Å². The molecule has 0 fully saturated rings. The normalized spacial score (nSPS) is 11.0. The van der Waals surface area contributed by atoms with Gasteiger partial charge in [0.1, 0.15) is 5.75 Å². The van der Waals surface area contributed by atoms with Crippen molar-refractivity contribution in [2.75, 3.05) is 0 Å². The zero-order valence-electron chi connectivity index (χ0n) is 13.0. The number of carbonyl (C=O) groups is 1. The highest BCUT2D eigenvalue weighted by molar-refractivity contribution is 9.10. The van der Waals surface area contributed by atoms with Gasteiger partial charge >= 0.3 is 11.5 Å². The lowest BCUT2D eigenvalue weighted by Gasteiger charge is -2.15. The van der Waals surface area contributed by atoms with Crippen molar-refractivity contribution in [3.05, 3.63) is 56.4 Å². The van der Waals surface area contributed by atoms with Crippen molar-refractivity contribution < 1.29 is 20.2 Å². The molecule has 0 aliphatic heterocycles. The van der Waals surface area contributed by atoms with Crippen LogP contribution >= 0.6 is 15.9 Å². The second-order valence-corrected chi connectivity index (χ2v) is 6.28. The Morgan fingerprint density at radius 1 is 1.36 bits per heavy atom. The van der Waals surface area contributed by atoms with E-state index in [1.165, 1.54) is 6.20 Å². The van der Waals surface area contributed by atoms with Gasteiger partial charge in [0.15, 0.2) is 11.2 Å². The standard InChI is InChI=1S/C17H13BrN2O5/c1-2-8-7-19-15-12(11(8)9-4-3-5-10(18)6-9)14(21)13(17(23)24)16(22)20(15)25/h3-7,21,25H,2H2,1H3,(H,23,24). The maximum absolute atomic E-state index is 12.0. The van der Waals surface area contributed by atoms with Gasteiger partial charge in [-0.05, 0) is 29.7 Å². The number of aromatic nitrogens is 2. The summed E-state index contributed by atoms with van der Waals surface area (Å²) in [6.45, 7) is 1.88. The first-order valence-corrected chi connectivity index (χ1v) is 8.14. The van der Waals surface area contributed by atoms with E-state index in [0.717, 1.165) is 10.0 Å². The van der Waals surface area contributed by atoms with Crippen LogP contribution in [0.25, 0.3) is 22.2 Å². The quantitative estimate of drug-likeness (QED) is 0.578. The lowest BCUT2D eigenvalue weighted by atomic mass is 9.95. The minimum atomic E-state index is -1.63. The highest BCUT2D eigenvalue weighted by atomic mass is 79.9. The summed E-state index contributed by atoms with van der Waals surface area (Å²) in [4.78, 5) is 27.4. The number of fused-ring (bicyclic) bond motifs is 1. The van der Waals surface area contributed by atoms with Crippen LogP contribution in [0.15, 0.2) is 39.7 Å². The molecule has 0 aliphatic rings. The summed E-state index contributed by atoms with van der Waals surface area (Å²) < 4.78 is 0.937. The number of hydrogen-bond acceptors (Lipinski definition) is 5. The van der Waals surface area contributed by atoms with Crippen LogP contribution < -0.4 is 5.56 Å². The first-order chi connectivity index (χ1) is 11.9. The molecule has 0 spiro atoms. The number of nitrogens with zero attached hydrogens (tertiary/aromatic N) is 2. The fraction of sp³-hybridized carbons (Fsp3) is 0.118. The summed E-state index contributed by atoms with van der Waals surface area (Å²) in [6, 6.07) is 7.18. The molecule has 0 saturated heterocycles. The number of aromatic hydroxyl groups is 1. The van der Waals surface area contributed by atoms with Gasteiger partial charge in [-0.15, -0.1) is 4.73 Å². The molecule has 0 aliphatic carbocycles. The van der Waals surface area contributed by atoms with Crippen molar-refractivity contribution in [1.29, 1.82) is 0 Å². The molecule has 0 radical (unpaired) electrons. The lowest BCUT2D eigenvalue weighted by molar-refractivity contribution is 0.0685. The van der Waals surface area contributed by atoms with E-state index >= 15 is 0 Å². The zero-order chi connectivity index (χ0) is 18.3. The molecule has 3 aromatic rings. The molecule has 25 heavy (non-hydrogen) atoms. The Hall–Kier alpha value is -2.87. The molecule has 128 valence electrons. The topological polar surface area (TPSA) is 113 Å². The van der Waals surface area contributed by atoms with Gasteiger partial charge in [0, 0.05) is 16.2 Å². The van der Waals surface area contributed by atoms with Crippen molar-refractivity contribution in [2.45, 2.75) is 13.3 Å². The molecule has 2 aromatic heterocycles. The first-order valence-electron chi connectivity index (χ1n) is 7.34. The Balaban J connectivity index is 2.59. The van der Waals surface area contributed by atoms with Crippen LogP contribution in [0, 0.1) is 0 Å². The van der Waals surface area contributed by atoms with Gasteiger partial charge < -0.3 is 15.4 Å². The molecule has 2 heterocycles. The van der Waals surface area contributed by atoms with Gasteiger partial charge in [0.25, 0.3) is 0 Å². The number of carboxylic acid groups (broad SMARTS) is 1. The van der Waals surface area contributed by atoms with Crippen LogP contribution in [0.3, 0.4) is 0 Å². The van der Waals surface area contributed by atoms with Crippen molar-refractivity contribution in [1.82, 2.24) is 9.71 Å². The van der Waals surface area contributed by atoms with Crippen molar-refractivity contribution in [3.63, 3.8) is 0 Å². The molecule has 0 amide bonds. The van der Waals surface area contributed by atoms with Crippen LogP contribution in [-0.4, -0.2) is 31.1 Å². The summed E-state index contributed by atoms with van der Waals surface area (Å²) in [5.74, 6) is -2.34. The van der Waals surface area contributed by atoms with Crippen molar-refractivity contribution >= 4 is 32.9 Å². The van der Waals surface area contributed by atoms with Gasteiger partial charge in [-0.3, -0.25) is 4.79 Å². The Labute approximate surface area is 149 Å². The highest BCUT2D eigenvalue weighted by Crippen LogP contribution is 2.38. The van der Waals surface area contributed by atoms with Crippen molar-refractivity contribution in [3.8, 4) is 16.9 Å². The third kappa shape index (κ3) is 2.64. The maximum atomic E-state index is 12.0. The fourth-order valence-corrected chi connectivity index (χ4v) is 3.19. The molecule has 0 unspecified atom stereocenters. The molecule has 0 bridgehead atoms. The number of aryl methyl sites for hydroxylation is 1. The molecule has 0 saturated carbocycles. The number of halogens is 1. The smallest absolute Gasteiger partial charge is 0.345 e. The molecular formula is C17H13BrN2O5. The second kappa shape index (κ2) is 6.21. The number of carboxylic acids is 1. The minimum Gasteiger partial charge on any atom is -0.506 e. The lowest BCUT2D eigenvalue weighted by Crippen LogP contribution is -2.26. The average Bonchev–Trinajstić information content (AvgIpc) is 2.58. The zero-order valence-corrected chi connectivity index (χ0v) is 14.6. The third-order valence-corrected chi connectivity index (χ3v) is 4.42. The Morgan fingerprint density at radius 2 is 2.08 bits per heavy atom. The van der Waals surface area contributed by atoms with Crippen LogP contribution in [0.2, 0.25) is 0 Å². The van der Waals surface area contributed by atoms with E-state index in [4.69, 9.17) is 0 Å². The Kier molecular flexibility index (Phi) is 4.22. The molecule has 1 aromatic carbocycles. The maximum Gasteiger partial charge on any atom is 0.345 e. The van der Waals surface area contributed by atoms with E-state index in [9.17, 15) is 25.0 Å². The number of aromatic carboxylic acids is 1. The summed E-state index contributed by atoms with van der Waals surface area (Å²) >= 11 is 3.38. The van der Waals surface area contributed by atoms with E-state index in [2.05, 4.69) is 20.9 Å². The molecule has 3 rings (SSSR count). The molecular weight excluding hydrogens is 392 g/mol. The van der Waals surface area contributed by atoms with Crippen LogP contribution in [0.1, 0.15) is 22.8 Å². The van der Waals surface area contributed by atoms with E-state index in [1.54, 1.807) is 18.2 Å². The molecule has 8 heteroatoms.